The molecule has 0 aromatic heterocycles. The minimum absolute atomic E-state index is 0.165. The quantitative estimate of drug-likeness (QED) is 0.669. The van der Waals surface area contributed by atoms with Crippen LogP contribution in [0.4, 0.5) is 5.69 Å². The molecule has 4 heteroatoms. The molecular formula is C7H7Cl2NO. The molecule has 2 nitrogen and oxygen atoms in total. The number of benzene rings is 1. The molecule has 0 aliphatic heterocycles. The highest BCUT2D eigenvalue weighted by Gasteiger charge is 2.04. The van der Waals surface area contributed by atoms with Crippen LogP contribution in [0, 0.1) is 0 Å². The normalized spacial score (nSPS) is 10.1. The first-order valence-corrected chi connectivity index (χ1v) is 3.75. The summed E-state index contributed by atoms with van der Waals surface area (Å²) in [4.78, 5) is 0. The summed E-state index contributed by atoms with van der Waals surface area (Å²) in [5.74, 6) is 0. The molecule has 1 aromatic rings. The third kappa shape index (κ3) is 1.77. The number of nitrogens with two attached hydrogens (primary N) is 1. The molecule has 0 fully saturated rings. The summed E-state index contributed by atoms with van der Waals surface area (Å²) >= 11 is 11.3. The van der Waals surface area contributed by atoms with Gasteiger partial charge in [-0.25, -0.2) is 0 Å². The van der Waals surface area contributed by atoms with Crippen molar-refractivity contribution >= 4 is 28.9 Å². The third-order valence-electron chi connectivity index (χ3n) is 1.35. The molecule has 11 heavy (non-hydrogen) atoms. The Bertz CT molecular complexity index is 252. The van der Waals surface area contributed by atoms with Crippen LogP contribution in [-0.4, -0.2) is 5.11 Å². The Kier molecular flexibility index (Phi) is 2.60. The predicted octanol–water partition coefficient (Wildman–Crippen LogP) is 2.07. The van der Waals surface area contributed by atoms with E-state index in [2.05, 4.69) is 0 Å². The van der Waals surface area contributed by atoms with E-state index in [4.69, 9.17) is 34.0 Å². The lowest BCUT2D eigenvalue weighted by molar-refractivity contribution is 0.282. The largest absolute Gasteiger partial charge is 0.398 e. The van der Waals surface area contributed by atoms with Crippen molar-refractivity contribution in [1.29, 1.82) is 0 Å². The SMILES string of the molecule is Nc1cc(Cl)cc(Cl)c1CO. The van der Waals surface area contributed by atoms with Gasteiger partial charge < -0.3 is 10.8 Å². The van der Waals surface area contributed by atoms with Crippen molar-refractivity contribution in [2.75, 3.05) is 5.73 Å². The molecule has 0 amide bonds. The highest BCUT2D eigenvalue weighted by molar-refractivity contribution is 6.35. The fraction of sp³-hybridized carbons (Fsp3) is 0.143. The first kappa shape index (κ1) is 8.65. The van der Waals surface area contributed by atoms with Crippen LogP contribution < -0.4 is 5.73 Å². The first-order chi connectivity index (χ1) is 5.15. The maximum absolute atomic E-state index is 8.78. The van der Waals surface area contributed by atoms with Gasteiger partial charge in [-0.15, -0.1) is 0 Å². The Hall–Kier alpha value is -0.440. The van der Waals surface area contributed by atoms with E-state index in [0.717, 1.165) is 0 Å². The van der Waals surface area contributed by atoms with E-state index in [9.17, 15) is 0 Å². The van der Waals surface area contributed by atoms with Crippen LogP contribution in [0.3, 0.4) is 0 Å². The predicted molar refractivity (Wildman–Crippen MR) is 46.8 cm³/mol. The summed E-state index contributed by atoms with van der Waals surface area (Å²) in [5, 5.41) is 9.66. The van der Waals surface area contributed by atoms with Crippen molar-refractivity contribution in [2.45, 2.75) is 6.61 Å². The lowest BCUT2D eigenvalue weighted by Crippen LogP contribution is -1.94. The number of hydrogen-bond donors (Lipinski definition) is 2. The summed E-state index contributed by atoms with van der Waals surface area (Å²) in [6.07, 6.45) is 0. The number of hydrogen-bond acceptors (Lipinski definition) is 2. The van der Waals surface area contributed by atoms with E-state index < -0.39 is 0 Å². The fourth-order valence-corrected chi connectivity index (χ4v) is 1.36. The summed E-state index contributed by atoms with van der Waals surface area (Å²) in [6.45, 7) is -0.165. The molecule has 0 aliphatic carbocycles. The zero-order valence-electron chi connectivity index (χ0n) is 5.64. The number of aliphatic hydroxyl groups is 1. The van der Waals surface area contributed by atoms with E-state index in [0.29, 0.717) is 21.3 Å². The smallest absolute Gasteiger partial charge is 0.0716 e. The van der Waals surface area contributed by atoms with Crippen LogP contribution in [0.2, 0.25) is 10.0 Å². The molecule has 0 spiro atoms. The van der Waals surface area contributed by atoms with Crippen LogP contribution >= 0.6 is 23.2 Å². The standard InChI is InChI=1S/C7H7Cl2NO/c8-4-1-6(9)5(3-11)7(10)2-4/h1-2,11H,3,10H2. The minimum Gasteiger partial charge on any atom is -0.398 e. The van der Waals surface area contributed by atoms with Gasteiger partial charge >= 0.3 is 0 Å². The molecule has 0 saturated carbocycles. The number of rotatable bonds is 1. The van der Waals surface area contributed by atoms with E-state index in [1.807, 2.05) is 0 Å². The van der Waals surface area contributed by atoms with Gasteiger partial charge in [-0.3, -0.25) is 0 Å². The maximum Gasteiger partial charge on any atom is 0.0716 e. The number of nitrogen functional groups attached to an aromatic ring is 1. The van der Waals surface area contributed by atoms with Crippen molar-refractivity contribution in [2.24, 2.45) is 0 Å². The highest BCUT2D eigenvalue weighted by Crippen LogP contribution is 2.26. The second-order valence-corrected chi connectivity index (χ2v) is 2.96. The molecule has 60 valence electrons. The molecule has 0 heterocycles. The molecule has 0 radical (unpaired) electrons. The molecule has 0 bridgehead atoms. The Morgan fingerprint density at radius 3 is 2.45 bits per heavy atom. The number of aliphatic hydroxyl groups excluding tert-OH is 1. The van der Waals surface area contributed by atoms with Crippen LogP contribution in [0.15, 0.2) is 12.1 Å². The van der Waals surface area contributed by atoms with Gasteiger partial charge in [-0.05, 0) is 12.1 Å². The van der Waals surface area contributed by atoms with E-state index in [1.54, 1.807) is 12.1 Å². The van der Waals surface area contributed by atoms with Crippen LogP contribution in [0.1, 0.15) is 5.56 Å². The summed E-state index contributed by atoms with van der Waals surface area (Å²) in [6, 6.07) is 3.10. The monoisotopic (exact) mass is 191 g/mol. The zero-order valence-corrected chi connectivity index (χ0v) is 7.15. The Labute approximate surface area is 74.5 Å². The maximum atomic E-state index is 8.78. The Balaban J connectivity index is 3.25. The van der Waals surface area contributed by atoms with Crippen molar-refractivity contribution in [3.63, 3.8) is 0 Å². The van der Waals surface area contributed by atoms with Gasteiger partial charge in [0.2, 0.25) is 0 Å². The van der Waals surface area contributed by atoms with E-state index in [-0.39, 0.29) is 6.61 Å². The minimum atomic E-state index is -0.165. The van der Waals surface area contributed by atoms with Gasteiger partial charge in [0.05, 0.1) is 6.61 Å². The molecular weight excluding hydrogens is 185 g/mol. The van der Waals surface area contributed by atoms with Gasteiger partial charge in [0.15, 0.2) is 0 Å². The third-order valence-corrected chi connectivity index (χ3v) is 1.91. The highest BCUT2D eigenvalue weighted by atomic mass is 35.5. The van der Waals surface area contributed by atoms with Crippen LogP contribution in [0.25, 0.3) is 0 Å². The average molecular weight is 192 g/mol. The Morgan fingerprint density at radius 2 is 2.00 bits per heavy atom. The number of halogens is 2. The van der Waals surface area contributed by atoms with Crippen LogP contribution in [-0.2, 0) is 6.61 Å². The van der Waals surface area contributed by atoms with Crippen molar-refractivity contribution in [3.05, 3.63) is 27.7 Å². The topological polar surface area (TPSA) is 46.2 Å². The summed E-state index contributed by atoms with van der Waals surface area (Å²) < 4.78 is 0. The van der Waals surface area contributed by atoms with Crippen molar-refractivity contribution < 1.29 is 5.11 Å². The Morgan fingerprint density at radius 1 is 1.36 bits per heavy atom. The first-order valence-electron chi connectivity index (χ1n) is 2.99. The van der Waals surface area contributed by atoms with Gasteiger partial charge in [0.25, 0.3) is 0 Å². The van der Waals surface area contributed by atoms with Gasteiger partial charge in [0, 0.05) is 21.3 Å². The molecule has 1 rings (SSSR count). The second kappa shape index (κ2) is 3.30. The lowest BCUT2D eigenvalue weighted by atomic mass is 10.2. The van der Waals surface area contributed by atoms with E-state index >= 15 is 0 Å². The molecule has 0 saturated heterocycles. The summed E-state index contributed by atoms with van der Waals surface area (Å²) in [5.41, 5.74) is 6.45. The van der Waals surface area contributed by atoms with Crippen molar-refractivity contribution in [3.8, 4) is 0 Å². The summed E-state index contributed by atoms with van der Waals surface area (Å²) in [7, 11) is 0. The number of anilines is 1. The van der Waals surface area contributed by atoms with Gasteiger partial charge in [0.1, 0.15) is 0 Å². The molecule has 1 aromatic carbocycles. The molecule has 0 aliphatic rings. The fourth-order valence-electron chi connectivity index (χ4n) is 0.790. The second-order valence-electron chi connectivity index (χ2n) is 2.11. The van der Waals surface area contributed by atoms with Gasteiger partial charge in [-0.1, -0.05) is 23.2 Å². The average Bonchev–Trinajstić information content (AvgIpc) is 1.85. The molecule has 3 N–H and O–H groups in total. The molecule has 0 unspecified atom stereocenters. The van der Waals surface area contributed by atoms with E-state index in [1.165, 1.54) is 0 Å². The molecule has 0 atom stereocenters. The van der Waals surface area contributed by atoms with Crippen LogP contribution in [0.5, 0.6) is 0 Å². The van der Waals surface area contributed by atoms with Crippen molar-refractivity contribution in [1.82, 2.24) is 0 Å². The zero-order chi connectivity index (χ0) is 8.43. The lowest BCUT2D eigenvalue weighted by Gasteiger charge is -2.04. The van der Waals surface area contributed by atoms with Gasteiger partial charge in [-0.2, -0.15) is 0 Å².